The van der Waals surface area contributed by atoms with Gasteiger partial charge in [-0.2, -0.15) is 0 Å². The Morgan fingerprint density at radius 3 is 2.90 bits per heavy atom. The van der Waals surface area contributed by atoms with Gasteiger partial charge in [-0.15, -0.1) is 11.8 Å². The second-order valence-electron chi connectivity index (χ2n) is 4.49. The third kappa shape index (κ3) is 2.90. The monoisotopic (exact) mass is 301 g/mol. The van der Waals surface area contributed by atoms with Crippen LogP contribution in [0.4, 0.5) is 10.1 Å². The van der Waals surface area contributed by atoms with Crippen LogP contribution in [0.3, 0.4) is 0 Å². The molecule has 0 bridgehead atoms. The van der Waals surface area contributed by atoms with Gasteiger partial charge in [-0.05, 0) is 30.3 Å². The van der Waals surface area contributed by atoms with E-state index in [0.717, 1.165) is 4.90 Å². The van der Waals surface area contributed by atoms with Crippen molar-refractivity contribution in [2.24, 2.45) is 0 Å². The lowest BCUT2D eigenvalue weighted by Gasteiger charge is -2.06. The van der Waals surface area contributed by atoms with Gasteiger partial charge in [-0.25, -0.2) is 9.37 Å². The molecule has 0 saturated carbocycles. The zero-order valence-electron chi connectivity index (χ0n) is 11.0. The van der Waals surface area contributed by atoms with E-state index >= 15 is 0 Å². The first-order valence-electron chi connectivity index (χ1n) is 6.28. The Bertz CT molecular complexity index is 863. The number of halogens is 1. The lowest BCUT2D eigenvalue weighted by atomic mass is 10.3. The number of nitrogens with zero attached hydrogens (tertiary/aromatic N) is 2. The fourth-order valence-corrected chi connectivity index (χ4v) is 2.82. The van der Waals surface area contributed by atoms with Crippen molar-refractivity contribution in [3.8, 4) is 0 Å². The summed E-state index contributed by atoms with van der Waals surface area (Å²) >= 11 is 1.42. The molecule has 0 saturated heterocycles. The number of hydrogen-bond donors (Lipinski definition) is 1. The van der Waals surface area contributed by atoms with E-state index in [1.54, 1.807) is 24.4 Å². The number of benzene rings is 1. The molecule has 0 atom stereocenters. The van der Waals surface area contributed by atoms with E-state index in [-0.39, 0.29) is 11.4 Å². The molecule has 3 aromatic rings. The number of nitrogen functional groups attached to an aromatic ring is 1. The average molecular weight is 301 g/mol. The van der Waals surface area contributed by atoms with E-state index in [4.69, 9.17) is 5.73 Å². The first-order chi connectivity index (χ1) is 10.1. The summed E-state index contributed by atoms with van der Waals surface area (Å²) < 4.78 is 14.5. The van der Waals surface area contributed by atoms with E-state index in [1.807, 2.05) is 6.07 Å². The highest BCUT2D eigenvalue weighted by Crippen LogP contribution is 2.27. The fourth-order valence-electron chi connectivity index (χ4n) is 1.98. The molecule has 1 aromatic carbocycles. The summed E-state index contributed by atoms with van der Waals surface area (Å²) in [7, 11) is 0. The molecule has 21 heavy (non-hydrogen) atoms. The maximum absolute atomic E-state index is 13.0. The molecule has 2 heterocycles. The van der Waals surface area contributed by atoms with Gasteiger partial charge < -0.3 is 5.73 Å². The molecule has 4 nitrogen and oxygen atoms in total. The molecule has 0 unspecified atom stereocenters. The van der Waals surface area contributed by atoms with Crippen molar-refractivity contribution in [3.63, 3.8) is 0 Å². The highest BCUT2D eigenvalue weighted by Gasteiger charge is 2.05. The van der Waals surface area contributed by atoms with Crippen molar-refractivity contribution >= 4 is 23.1 Å². The summed E-state index contributed by atoms with van der Waals surface area (Å²) in [5, 5.41) is 0. The van der Waals surface area contributed by atoms with Crippen molar-refractivity contribution in [2.75, 3.05) is 5.73 Å². The molecule has 0 aliphatic heterocycles. The van der Waals surface area contributed by atoms with Gasteiger partial charge >= 0.3 is 0 Å². The van der Waals surface area contributed by atoms with Crippen molar-refractivity contribution in [2.45, 2.75) is 10.6 Å². The van der Waals surface area contributed by atoms with Crippen molar-refractivity contribution in [3.05, 3.63) is 70.5 Å². The van der Waals surface area contributed by atoms with Gasteiger partial charge in [-0.3, -0.25) is 9.20 Å². The Hall–Kier alpha value is -2.34. The Labute approximate surface area is 124 Å². The third-order valence-electron chi connectivity index (χ3n) is 2.97. The SMILES string of the molecule is Nc1cc(F)ccc1SCc1cc(=O)n2ccccc2n1. The van der Waals surface area contributed by atoms with E-state index in [9.17, 15) is 9.18 Å². The van der Waals surface area contributed by atoms with E-state index in [2.05, 4.69) is 4.98 Å². The van der Waals surface area contributed by atoms with Gasteiger partial charge in [-0.1, -0.05) is 6.07 Å². The first-order valence-corrected chi connectivity index (χ1v) is 7.27. The fraction of sp³-hybridized carbons (Fsp3) is 0.0667. The van der Waals surface area contributed by atoms with Crippen LogP contribution in [0.1, 0.15) is 5.69 Å². The maximum Gasteiger partial charge on any atom is 0.258 e. The lowest BCUT2D eigenvalue weighted by molar-refractivity contribution is 0.627. The summed E-state index contributed by atoms with van der Waals surface area (Å²) in [5.74, 6) is 0.134. The Morgan fingerprint density at radius 1 is 1.24 bits per heavy atom. The number of anilines is 1. The van der Waals surface area contributed by atoms with Crippen LogP contribution in [0.15, 0.2) is 58.4 Å². The molecule has 0 fully saturated rings. The quantitative estimate of drug-likeness (QED) is 0.597. The summed E-state index contributed by atoms with van der Waals surface area (Å²) in [6.07, 6.45) is 1.68. The van der Waals surface area contributed by atoms with Crippen molar-refractivity contribution in [1.29, 1.82) is 0 Å². The lowest BCUT2D eigenvalue weighted by Crippen LogP contribution is -2.14. The highest BCUT2D eigenvalue weighted by atomic mass is 32.2. The number of rotatable bonds is 3. The Kier molecular flexibility index (Phi) is 3.62. The molecular weight excluding hydrogens is 289 g/mol. The molecule has 0 amide bonds. The Balaban J connectivity index is 1.87. The van der Waals surface area contributed by atoms with Crippen molar-refractivity contribution in [1.82, 2.24) is 9.38 Å². The number of hydrogen-bond acceptors (Lipinski definition) is 4. The Morgan fingerprint density at radius 2 is 2.10 bits per heavy atom. The molecule has 0 aliphatic rings. The molecule has 0 spiro atoms. The number of nitrogens with two attached hydrogens (primary N) is 1. The zero-order valence-corrected chi connectivity index (χ0v) is 11.8. The average Bonchev–Trinajstić information content (AvgIpc) is 2.46. The minimum atomic E-state index is -0.362. The summed E-state index contributed by atoms with van der Waals surface area (Å²) in [4.78, 5) is 17.2. The van der Waals surface area contributed by atoms with Crippen LogP contribution in [-0.4, -0.2) is 9.38 Å². The predicted octanol–water partition coefficient (Wildman–Crippen LogP) is 2.71. The molecule has 0 aliphatic carbocycles. The highest BCUT2D eigenvalue weighted by molar-refractivity contribution is 7.98. The van der Waals surface area contributed by atoms with Gasteiger partial charge in [0.25, 0.3) is 5.56 Å². The standard InChI is InChI=1S/C15H12FN3OS/c16-10-4-5-13(12(17)7-10)21-9-11-8-15(20)19-6-2-1-3-14(19)18-11/h1-8H,9,17H2. The van der Waals surface area contributed by atoms with Crippen molar-refractivity contribution < 1.29 is 4.39 Å². The second kappa shape index (κ2) is 5.57. The first kappa shape index (κ1) is 13.6. The molecule has 3 rings (SSSR count). The van der Waals surface area contributed by atoms with E-state index in [0.29, 0.717) is 22.8 Å². The van der Waals surface area contributed by atoms with Crippen LogP contribution in [0.2, 0.25) is 0 Å². The van der Waals surface area contributed by atoms with Crippen LogP contribution >= 0.6 is 11.8 Å². The maximum atomic E-state index is 13.0. The van der Waals surface area contributed by atoms with Crippen LogP contribution in [0.25, 0.3) is 5.65 Å². The predicted molar refractivity (Wildman–Crippen MR) is 81.8 cm³/mol. The number of aromatic nitrogens is 2. The third-order valence-corrected chi connectivity index (χ3v) is 4.09. The molecule has 6 heteroatoms. The van der Waals surface area contributed by atoms with Crippen LogP contribution < -0.4 is 11.3 Å². The molecule has 0 radical (unpaired) electrons. The number of thioether (sulfide) groups is 1. The molecule has 2 N–H and O–H groups in total. The largest absolute Gasteiger partial charge is 0.398 e. The number of pyridine rings is 1. The molecule has 106 valence electrons. The molecular formula is C15H12FN3OS. The van der Waals surface area contributed by atoms with E-state index < -0.39 is 0 Å². The summed E-state index contributed by atoms with van der Waals surface area (Å²) in [6, 6.07) is 11.2. The van der Waals surface area contributed by atoms with Gasteiger partial charge in [0.15, 0.2) is 0 Å². The van der Waals surface area contributed by atoms with Crippen LogP contribution in [0.5, 0.6) is 0 Å². The number of fused-ring (bicyclic) bond motifs is 1. The zero-order chi connectivity index (χ0) is 14.8. The summed E-state index contributed by atoms with van der Waals surface area (Å²) in [5.41, 5.74) is 7.29. The second-order valence-corrected chi connectivity index (χ2v) is 5.50. The van der Waals surface area contributed by atoms with Gasteiger partial charge in [0, 0.05) is 28.6 Å². The molecule has 2 aromatic heterocycles. The minimum absolute atomic E-state index is 0.122. The smallest absolute Gasteiger partial charge is 0.258 e. The van der Waals surface area contributed by atoms with Gasteiger partial charge in [0.2, 0.25) is 0 Å². The van der Waals surface area contributed by atoms with Crippen LogP contribution in [-0.2, 0) is 5.75 Å². The van der Waals surface area contributed by atoms with Gasteiger partial charge in [0.1, 0.15) is 11.5 Å². The minimum Gasteiger partial charge on any atom is -0.398 e. The van der Waals surface area contributed by atoms with E-state index in [1.165, 1.54) is 34.4 Å². The summed E-state index contributed by atoms with van der Waals surface area (Å²) in [6.45, 7) is 0. The van der Waals surface area contributed by atoms with Gasteiger partial charge in [0.05, 0.1) is 5.69 Å². The topological polar surface area (TPSA) is 60.4 Å². The normalized spacial score (nSPS) is 10.9. The van der Waals surface area contributed by atoms with Crippen LogP contribution in [0, 0.1) is 5.82 Å².